The van der Waals surface area contributed by atoms with Crippen LogP contribution >= 0.6 is 11.3 Å². The molecule has 0 aliphatic heterocycles. The lowest BCUT2D eigenvalue weighted by Crippen LogP contribution is -2.32. The fraction of sp³-hybridized carbons (Fsp3) is 0.667. The topological polar surface area (TPSA) is 84.2 Å². The maximum atomic E-state index is 12.3. The van der Waals surface area contributed by atoms with Gasteiger partial charge in [-0.2, -0.15) is 0 Å². The fourth-order valence-electron chi connectivity index (χ4n) is 2.27. The van der Waals surface area contributed by atoms with E-state index in [1.165, 1.54) is 11.3 Å². The van der Waals surface area contributed by atoms with Gasteiger partial charge >= 0.3 is 0 Å². The molecule has 0 aliphatic carbocycles. The van der Waals surface area contributed by atoms with E-state index in [1.54, 1.807) is 6.20 Å². The molecular weight excluding hydrogens is 350 g/mol. The van der Waals surface area contributed by atoms with E-state index in [-0.39, 0.29) is 23.9 Å². The number of hydrogen-bond acceptors (Lipinski definition) is 7. The highest BCUT2D eigenvalue weighted by atomic mass is 32.1. The number of carbonyl (C=O) groups excluding carboxylic acids is 1. The molecule has 8 heteroatoms. The Kier molecular flexibility index (Phi) is 6.52. The zero-order chi connectivity index (χ0) is 19.5. The number of hydrogen-bond donors (Lipinski definition) is 1. The lowest BCUT2D eigenvalue weighted by Gasteiger charge is -2.21. The number of anilines is 1. The molecule has 2 aromatic rings. The van der Waals surface area contributed by atoms with E-state index in [0.717, 1.165) is 17.2 Å². The van der Waals surface area contributed by atoms with Crippen LogP contribution in [0.3, 0.4) is 0 Å². The Balaban J connectivity index is 1.91. The van der Waals surface area contributed by atoms with Crippen LogP contribution in [0.5, 0.6) is 0 Å². The van der Waals surface area contributed by atoms with Gasteiger partial charge in [-0.1, -0.05) is 46.0 Å². The van der Waals surface area contributed by atoms with Crippen LogP contribution < -0.4 is 5.32 Å². The van der Waals surface area contributed by atoms with E-state index in [1.807, 2.05) is 18.9 Å². The molecule has 0 saturated heterocycles. The van der Waals surface area contributed by atoms with Crippen LogP contribution in [0, 0.1) is 5.92 Å². The monoisotopic (exact) mass is 379 g/mol. The quantitative estimate of drug-likeness (QED) is 0.790. The highest BCUT2D eigenvalue weighted by Gasteiger charge is 2.24. The molecule has 1 amide bonds. The summed E-state index contributed by atoms with van der Waals surface area (Å²) in [5.74, 6) is 1.83. The van der Waals surface area contributed by atoms with E-state index in [4.69, 9.17) is 4.42 Å². The first-order chi connectivity index (χ1) is 12.1. The summed E-state index contributed by atoms with van der Waals surface area (Å²) in [4.78, 5) is 18.5. The molecule has 2 aromatic heterocycles. The number of nitrogens with one attached hydrogen (secondary N) is 1. The van der Waals surface area contributed by atoms with Gasteiger partial charge in [0, 0.05) is 11.8 Å². The van der Waals surface area contributed by atoms with Crippen molar-refractivity contribution in [3.63, 3.8) is 0 Å². The van der Waals surface area contributed by atoms with Gasteiger partial charge in [-0.25, -0.2) is 4.98 Å². The second kappa shape index (κ2) is 8.26. The smallest absolute Gasteiger partial charge is 0.240 e. The van der Waals surface area contributed by atoms with Crippen molar-refractivity contribution in [2.24, 2.45) is 5.92 Å². The minimum atomic E-state index is -0.130. The van der Waals surface area contributed by atoms with Crippen LogP contribution in [-0.2, 0) is 16.6 Å². The number of amides is 1. The van der Waals surface area contributed by atoms with Gasteiger partial charge in [0.1, 0.15) is 10.8 Å². The lowest BCUT2D eigenvalue weighted by atomic mass is 9.94. The molecule has 0 unspecified atom stereocenters. The normalized spacial score (nSPS) is 13.4. The Morgan fingerprint density at radius 1 is 1.31 bits per heavy atom. The zero-order valence-corrected chi connectivity index (χ0v) is 17.5. The largest absolute Gasteiger partial charge is 0.443 e. The zero-order valence-electron chi connectivity index (χ0n) is 16.7. The van der Waals surface area contributed by atoms with Crippen molar-refractivity contribution in [3.8, 4) is 0 Å². The standard InChI is InChI=1S/C18H29N5O2S/c1-11(2)8-15-21-22-17(26-15)20-14(24)10-23(7)12(3)16-19-9-13(25-16)18(4,5)6/h9,11-12H,8,10H2,1-7H3,(H,20,22,24)/t12-/m0/s1. The molecule has 0 aromatic carbocycles. The second-order valence-corrected chi connectivity index (χ2v) is 9.11. The predicted octanol–water partition coefficient (Wildman–Crippen LogP) is 3.65. The van der Waals surface area contributed by atoms with Gasteiger partial charge in [0.15, 0.2) is 0 Å². The summed E-state index contributed by atoms with van der Waals surface area (Å²) < 4.78 is 5.87. The molecule has 0 fully saturated rings. The summed E-state index contributed by atoms with van der Waals surface area (Å²) in [6.07, 6.45) is 2.63. The van der Waals surface area contributed by atoms with Crippen molar-refractivity contribution in [1.29, 1.82) is 0 Å². The summed E-state index contributed by atoms with van der Waals surface area (Å²) in [5, 5.41) is 12.4. The van der Waals surface area contributed by atoms with Crippen molar-refractivity contribution < 1.29 is 9.21 Å². The van der Waals surface area contributed by atoms with Crippen molar-refractivity contribution in [2.75, 3.05) is 18.9 Å². The van der Waals surface area contributed by atoms with Crippen LogP contribution in [0.1, 0.15) is 64.2 Å². The van der Waals surface area contributed by atoms with Crippen LogP contribution in [0.25, 0.3) is 0 Å². The van der Waals surface area contributed by atoms with E-state index in [0.29, 0.717) is 16.9 Å². The maximum absolute atomic E-state index is 12.3. The number of oxazole rings is 1. The molecule has 0 saturated carbocycles. The van der Waals surface area contributed by atoms with Crippen molar-refractivity contribution in [3.05, 3.63) is 22.9 Å². The summed E-state index contributed by atoms with van der Waals surface area (Å²) >= 11 is 1.42. The van der Waals surface area contributed by atoms with Crippen LogP contribution in [0.15, 0.2) is 10.6 Å². The molecule has 1 N–H and O–H groups in total. The van der Waals surface area contributed by atoms with Crippen molar-refractivity contribution in [2.45, 2.75) is 59.4 Å². The third kappa shape index (κ3) is 5.60. The molecule has 0 aliphatic rings. The first-order valence-corrected chi connectivity index (χ1v) is 9.66. The summed E-state index contributed by atoms with van der Waals surface area (Å²) in [7, 11) is 1.87. The van der Waals surface area contributed by atoms with Gasteiger partial charge in [0.25, 0.3) is 0 Å². The molecule has 2 heterocycles. The molecule has 7 nitrogen and oxygen atoms in total. The third-order valence-electron chi connectivity index (χ3n) is 3.97. The van der Waals surface area contributed by atoms with Crippen molar-refractivity contribution in [1.82, 2.24) is 20.1 Å². The average Bonchev–Trinajstić information content (AvgIpc) is 3.14. The van der Waals surface area contributed by atoms with E-state index < -0.39 is 0 Å². The highest BCUT2D eigenvalue weighted by molar-refractivity contribution is 7.15. The number of aromatic nitrogens is 3. The molecule has 0 bridgehead atoms. The van der Waals surface area contributed by atoms with Gasteiger partial charge in [-0.05, 0) is 19.9 Å². The first-order valence-electron chi connectivity index (χ1n) is 8.85. The Hall–Kier alpha value is -1.80. The Bertz CT molecular complexity index is 732. The Morgan fingerprint density at radius 2 is 2.00 bits per heavy atom. The molecule has 26 heavy (non-hydrogen) atoms. The Morgan fingerprint density at radius 3 is 2.58 bits per heavy atom. The maximum Gasteiger partial charge on any atom is 0.240 e. The van der Waals surface area contributed by atoms with Gasteiger partial charge in [0.2, 0.25) is 16.9 Å². The number of nitrogens with zero attached hydrogens (tertiary/aromatic N) is 4. The van der Waals surface area contributed by atoms with Crippen LogP contribution in [0.4, 0.5) is 5.13 Å². The highest BCUT2D eigenvalue weighted by Crippen LogP contribution is 2.26. The van der Waals surface area contributed by atoms with Gasteiger partial charge < -0.3 is 4.42 Å². The van der Waals surface area contributed by atoms with E-state index >= 15 is 0 Å². The third-order valence-corrected chi connectivity index (χ3v) is 4.83. The van der Waals surface area contributed by atoms with Crippen LogP contribution in [-0.4, -0.2) is 39.6 Å². The predicted molar refractivity (Wildman–Crippen MR) is 103 cm³/mol. The molecule has 0 radical (unpaired) electrons. The van der Waals surface area contributed by atoms with E-state index in [2.05, 4.69) is 55.1 Å². The molecular formula is C18H29N5O2S. The SMILES string of the molecule is CC(C)Cc1nnc(NC(=O)CN(C)[C@@H](C)c2ncc(C(C)(C)C)o2)s1. The number of likely N-dealkylation sites (N-methyl/N-ethyl adjacent to an activating group) is 1. The molecule has 2 rings (SSSR count). The number of rotatable bonds is 7. The minimum absolute atomic E-state index is 0.0908. The van der Waals surface area contributed by atoms with Gasteiger partial charge in [-0.15, -0.1) is 10.2 Å². The molecule has 1 atom stereocenters. The van der Waals surface area contributed by atoms with Gasteiger partial charge in [-0.3, -0.25) is 15.0 Å². The molecule has 0 spiro atoms. The second-order valence-electron chi connectivity index (χ2n) is 8.05. The summed E-state index contributed by atoms with van der Waals surface area (Å²) in [6, 6.07) is -0.109. The lowest BCUT2D eigenvalue weighted by molar-refractivity contribution is -0.117. The summed E-state index contributed by atoms with van der Waals surface area (Å²) in [5.41, 5.74) is -0.0908. The fourth-order valence-corrected chi connectivity index (χ4v) is 3.24. The Labute approximate surface area is 159 Å². The van der Waals surface area contributed by atoms with Gasteiger partial charge in [0.05, 0.1) is 18.8 Å². The molecule has 144 valence electrons. The van der Waals surface area contributed by atoms with Crippen molar-refractivity contribution >= 4 is 22.4 Å². The average molecular weight is 380 g/mol. The number of carbonyl (C=O) groups is 1. The van der Waals surface area contributed by atoms with E-state index in [9.17, 15) is 4.79 Å². The summed E-state index contributed by atoms with van der Waals surface area (Å²) in [6.45, 7) is 12.7. The first kappa shape index (κ1) is 20.5. The van der Waals surface area contributed by atoms with Crippen LogP contribution in [0.2, 0.25) is 0 Å². The minimum Gasteiger partial charge on any atom is -0.443 e.